The van der Waals surface area contributed by atoms with E-state index in [4.69, 9.17) is 4.74 Å². The zero-order valence-corrected chi connectivity index (χ0v) is 17.8. The van der Waals surface area contributed by atoms with Crippen molar-refractivity contribution in [2.75, 3.05) is 13.2 Å². The molecule has 30 heavy (non-hydrogen) atoms. The van der Waals surface area contributed by atoms with Gasteiger partial charge in [0.15, 0.2) is 11.5 Å². The Kier molecular flexibility index (Phi) is 5.24. The van der Waals surface area contributed by atoms with E-state index in [1.807, 2.05) is 55.1 Å². The van der Waals surface area contributed by atoms with E-state index in [1.165, 1.54) is 5.56 Å². The van der Waals surface area contributed by atoms with E-state index in [1.54, 1.807) is 6.07 Å². The van der Waals surface area contributed by atoms with Crippen molar-refractivity contribution in [2.24, 2.45) is 5.92 Å². The fourth-order valence-corrected chi connectivity index (χ4v) is 4.03. The van der Waals surface area contributed by atoms with Crippen LogP contribution in [0.3, 0.4) is 0 Å². The van der Waals surface area contributed by atoms with Gasteiger partial charge in [0.2, 0.25) is 0 Å². The first-order chi connectivity index (χ1) is 14.4. The van der Waals surface area contributed by atoms with Crippen molar-refractivity contribution in [3.63, 3.8) is 0 Å². The molecule has 2 heterocycles. The molecule has 1 unspecified atom stereocenters. The zero-order chi connectivity index (χ0) is 21.4. The van der Waals surface area contributed by atoms with Crippen molar-refractivity contribution in [2.45, 2.75) is 33.7 Å². The van der Waals surface area contributed by atoms with Gasteiger partial charge in [-0.05, 0) is 37.5 Å². The largest absolute Gasteiger partial charge is 0.504 e. The third-order valence-electron chi connectivity index (χ3n) is 5.35. The monoisotopic (exact) mass is 405 g/mol. The van der Waals surface area contributed by atoms with E-state index in [0.29, 0.717) is 30.5 Å². The number of carbonyl (C=O) groups excluding carboxylic acids is 1. The lowest BCUT2D eigenvalue weighted by molar-refractivity contribution is 0.0722. The van der Waals surface area contributed by atoms with Gasteiger partial charge in [-0.15, -0.1) is 0 Å². The molecule has 6 nitrogen and oxygen atoms in total. The number of phenols is 1. The smallest absolute Gasteiger partial charge is 0.273 e. The van der Waals surface area contributed by atoms with Crippen molar-refractivity contribution < 1.29 is 14.6 Å². The summed E-state index contributed by atoms with van der Waals surface area (Å²) in [5.74, 6) is 0.757. The van der Waals surface area contributed by atoms with Crippen LogP contribution in [0.2, 0.25) is 0 Å². The van der Waals surface area contributed by atoms with Crippen molar-refractivity contribution in [1.29, 1.82) is 0 Å². The Morgan fingerprint density at radius 2 is 1.93 bits per heavy atom. The summed E-state index contributed by atoms with van der Waals surface area (Å²) < 4.78 is 5.60. The molecule has 1 aliphatic heterocycles. The number of hydrogen-bond acceptors (Lipinski definition) is 4. The normalized spacial score (nSPS) is 15.7. The van der Waals surface area contributed by atoms with Crippen molar-refractivity contribution in [3.05, 3.63) is 64.8 Å². The molecule has 1 aliphatic rings. The van der Waals surface area contributed by atoms with E-state index < -0.39 is 0 Å². The Morgan fingerprint density at radius 1 is 1.20 bits per heavy atom. The lowest BCUT2D eigenvalue weighted by Crippen LogP contribution is -2.32. The topological polar surface area (TPSA) is 78.5 Å². The van der Waals surface area contributed by atoms with Crippen molar-refractivity contribution in [1.82, 2.24) is 15.1 Å². The number of fused-ring (bicyclic) bond motifs is 1. The average molecular weight is 405 g/mol. The van der Waals surface area contributed by atoms with Crippen molar-refractivity contribution >= 4 is 5.91 Å². The third kappa shape index (κ3) is 3.43. The van der Waals surface area contributed by atoms with Gasteiger partial charge in [0.25, 0.3) is 5.91 Å². The predicted octanol–water partition coefficient (Wildman–Crippen LogP) is 4.69. The second-order valence-corrected chi connectivity index (χ2v) is 8.14. The summed E-state index contributed by atoms with van der Waals surface area (Å²) in [4.78, 5) is 15.1. The predicted molar refractivity (Wildman–Crippen MR) is 116 cm³/mol. The van der Waals surface area contributed by atoms with E-state index >= 15 is 0 Å². The molecule has 156 valence electrons. The number of phenolic OH excluding ortho intramolecular Hbond substituents is 1. The van der Waals surface area contributed by atoms with E-state index in [2.05, 4.69) is 24.0 Å². The fraction of sp³-hybridized carbons (Fsp3) is 0.333. The molecular weight excluding hydrogens is 378 g/mol. The second-order valence-electron chi connectivity index (χ2n) is 8.14. The number of nitrogens with zero attached hydrogens (tertiary/aromatic N) is 2. The Hall–Kier alpha value is -3.28. The Labute approximate surface area is 176 Å². The highest BCUT2D eigenvalue weighted by molar-refractivity contribution is 6.00. The molecule has 0 spiro atoms. The number of aryl methyl sites for hydroxylation is 1. The van der Waals surface area contributed by atoms with Gasteiger partial charge >= 0.3 is 0 Å². The summed E-state index contributed by atoms with van der Waals surface area (Å²) in [6.07, 6.45) is 0. The molecule has 1 aromatic heterocycles. The molecule has 1 atom stereocenters. The lowest BCUT2D eigenvalue weighted by Gasteiger charge is -2.28. The zero-order valence-electron chi connectivity index (χ0n) is 17.8. The van der Waals surface area contributed by atoms with Crippen LogP contribution in [-0.2, 0) is 0 Å². The number of H-pyrrole nitrogens is 1. The number of hydrogen-bond donors (Lipinski definition) is 2. The van der Waals surface area contributed by atoms with Gasteiger partial charge in [-0.3, -0.25) is 9.89 Å². The van der Waals surface area contributed by atoms with Crippen LogP contribution >= 0.6 is 0 Å². The van der Waals surface area contributed by atoms with Gasteiger partial charge in [-0.2, -0.15) is 5.10 Å². The van der Waals surface area contributed by atoms with Crippen molar-refractivity contribution in [3.8, 4) is 22.8 Å². The highest BCUT2D eigenvalue weighted by Crippen LogP contribution is 2.44. The van der Waals surface area contributed by atoms with Crippen LogP contribution in [0.15, 0.2) is 42.5 Å². The minimum absolute atomic E-state index is 0.0550. The Morgan fingerprint density at radius 3 is 2.60 bits per heavy atom. The molecule has 0 saturated heterocycles. The molecule has 2 N–H and O–H groups in total. The number of carbonyl (C=O) groups is 1. The van der Waals surface area contributed by atoms with Crippen LogP contribution in [0, 0.1) is 12.8 Å². The minimum atomic E-state index is -0.301. The van der Waals surface area contributed by atoms with E-state index in [0.717, 1.165) is 22.4 Å². The third-order valence-corrected chi connectivity index (χ3v) is 5.35. The molecular formula is C24H27N3O3. The first-order valence-corrected chi connectivity index (χ1v) is 10.3. The fourth-order valence-electron chi connectivity index (χ4n) is 4.03. The molecule has 6 heteroatoms. The number of aromatic hydroxyl groups is 1. The highest BCUT2D eigenvalue weighted by Gasteiger charge is 2.42. The van der Waals surface area contributed by atoms with Crippen LogP contribution in [0.1, 0.15) is 54.0 Å². The highest BCUT2D eigenvalue weighted by atomic mass is 16.5. The van der Waals surface area contributed by atoms with Gasteiger partial charge in [0, 0.05) is 17.7 Å². The summed E-state index contributed by atoms with van der Waals surface area (Å²) in [6.45, 7) is 9.17. The summed E-state index contributed by atoms with van der Waals surface area (Å²) >= 11 is 0. The molecule has 0 saturated carbocycles. The number of benzene rings is 2. The standard InChI is InChI=1S/C24H27N3O3/c1-5-30-19-12-17(10-11-18(19)28)23-20-21(16-8-6-15(4)7-9-16)25-26-22(20)24(29)27(23)13-14(2)3/h6-12,14,23,28H,5,13H2,1-4H3,(H,25,26). The number of aromatic nitrogens is 2. The van der Waals surface area contributed by atoms with Gasteiger partial charge in [0.1, 0.15) is 5.69 Å². The van der Waals surface area contributed by atoms with Gasteiger partial charge in [-0.25, -0.2) is 0 Å². The summed E-state index contributed by atoms with van der Waals surface area (Å²) in [7, 11) is 0. The van der Waals surface area contributed by atoms with Crippen LogP contribution in [0.25, 0.3) is 11.3 Å². The van der Waals surface area contributed by atoms with Gasteiger partial charge in [0.05, 0.1) is 18.3 Å². The average Bonchev–Trinajstić information content (AvgIpc) is 3.24. The molecule has 0 aliphatic carbocycles. The number of nitrogens with one attached hydrogen (secondary N) is 1. The molecule has 3 aromatic rings. The first-order valence-electron chi connectivity index (χ1n) is 10.3. The lowest BCUT2D eigenvalue weighted by atomic mass is 9.95. The molecule has 1 amide bonds. The quantitative estimate of drug-likeness (QED) is 0.624. The molecule has 4 rings (SSSR count). The van der Waals surface area contributed by atoms with Crippen LogP contribution in [-0.4, -0.2) is 39.3 Å². The summed E-state index contributed by atoms with van der Waals surface area (Å²) in [5.41, 5.74) is 5.20. The summed E-state index contributed by atoms with van der Waals surface area (Å²) in [5, 5.41) is 17.6. The minimum Gasteiger partial charge on any atom is -0.504 e. The molecule has 0 fully saturated rings. The molecule has 2 aromatic carbocycles. The number of rotatable bonds is 6. The first kappa shape index (κ1) is 20.0. The second kappa shape index (κ2) is 7.86. The molecule has 0 radical (unpaired) electrons. The van der Waals surface area contributed by atoms with Crippen LogP contribution in [0.4, 0.5) is 0 Å². The molecule has 0 bridgehead atoms. The van der Waals surface area contributed by atoms with Crippen LogP contribution < -0.4 is 4.74 Å². The maximum absolute atomic E-state index is 13.3. The summed E-state index contributed by atoms with van der Waals surface area (Å²) in [6, 6.07) is 13.1. The van der Waals surface area contributed by atoms with Gasteiger partial charge < -0.3 is 14.7 Å². The SMILES string of the molecule is CCOc1cc(C2c3c(-c4ccc(C)cc4)n[nH]c3C(=O)N2CC(C)C)ccc1O. The number of amides is 1. The van der Waals surface area contributed by atoms with Crippen LogP contribution in [0.5, 0.6) is 11.5 Å². The maximum Gasteiger partial charge on any atom is 0.273 e. The van der Waals surface area contributed by atoms with E-state index in [-0.39, 0.29) is 17.7 Å². The Balaban J connectivity index is 1.87. The van der Waals surface area contributed by atoms with E-state index in [9.17, 15) is 9.90 Å². The number of aromatic amines is 1. The van der Waals surface area contributed by atoms with Gasteiger partial charge in [-0.1, -0.05) is 49.7 Å². The number of ether oxygens (including phenoxy) is 1. The Bertz CT molecular complexity index is 1070. The maximum atomic E-state index is 13.3.